The van der Waals surface area contributed by atoms with Crippen LogP contribution in [0.1, 0.15) is 26.2 Å². The molecule has 114 valence electrons. The molecule has 20 heavy (non-hydrogen) atoms. The van der Waals surface area contributed by atoms with E-state index >= 15 is 0 Å². The van der Waals surface area contributed by atoms with Crippen molar-refractivity contribution < 1.29 is 9.59 Å². The lowest BCUT2D eigenvalue weighted by molar-refractivity contribution is -0.141. The van der Waals surface area contributed by atoms with Crippen molar-refractivity contribution in [1.82, 2.24) is 20.4 Å². The van der Waals surface area contributed by atoms with Crippen LogP contribution in [0.15, 0.2) is 0 Å². The van der Waals surface area contributed by atoms with Gasteiger partial charge in [-0.2, -0.15) is 0 Å². The number of likely N-dealkylation sites (N-methyl/N-ethyl adjacent to an activating group) is 1. The van der Waals surface area contributed by atoms with Crippen molar-refractivity contribution in [1.29, 1.82) is 0 Å². The molecule has 2 aliphatic heterocycles. The van der Waals surface area contributed by atoms with Crippen molar-refractivity contribution in [3.63, 3.8) is 0 Å². The number of hydrogen-bond acceptors (Lipinski definition) is 4. The number of likely N-dealkylation sites (tertiary alicyclic amines) is 1. The number of amides is 2. The molecule has 2 aliphatic rings. The second kappa shape index (κ2) is 7.59. The number of piperazine rings is 1. The Balaban J connectivity index is 1.85. The summed E-state index contributed by atoms with van der Waals surface area (Å²) >= 11 is 0. The zero-order valence-electron chi connectivity index (χ0n) is 12.4. The van der Waals surface area contributed by atoms with Gasteiger partial charge in [-0.1, -0.05) is 0 Å². The summed E-state index contributed by atoms with van der Waals surface area (Å²) in [5, 5.41) is 6.01. The van der Waals surface area contributed by atoms with Gasteiger partial charge in [0.15, 0.2) is 0 Å². The van der Waals surface area contributed by atoms with Gasteiger partial charge in [-0.05, 0) is 32.9 Å². The van der Waals surface area contributed by atoms with Crippen LogP contribution in [0.3, 0.4) is 0 Å². The first-order chi connectivity index (χ1) is 9.72. The Hall–Kier alpha value is -1.14. The van der Waals surface area contributed by atoms with E-state index in [1.807, 2.05) is 6.92 Å². The zero-order valence-corrected chi connectivity index (χ0v) is 12.4. The topological polar surface area (TPSA) is 64.7 Å². The molecule has 0 aromatic heterocycles. The largest absolute Gasteiger partial charge is 0.355 e. The van der Waals surface area contributed by atoms with Gasteiger partial charge in [-0.15, -0.1) is 0 Å². The molecule has 0 bridgehead atoms. The van der Waals surface area contributed by atoms with Crippen molar-refractivity contribution in [2.75, 3.05) is 45.8 Å². The molecule has 6 nitrogen and oxygen atoms in total. The highest BCUT2D eigenvalue weighted by atomic mass is 16.2. The molecule has 0 aromatic rings. The molecule has 0 radical (unpaired) electrons. The quantitative estimate of drug-likeness (QED) is 0.707. The van der Waals surface area contributed by atoms with E-state index in [9.17, 15) is 9.59 Å². The Morgan fingerprint density at radius 2 is 2.00 bits per heavy atom. The van der Waals surface area contributed by atoms with Gasteiger partial charge in [0.25, 0.3) is 0 Å². The van der Waals surface area contributed by atoms with Crippen LogP contribution in [-0.2, 0) is 9.59 Å². The van der Waals surface area contributed by atoms with Crippen molar-refractivity contribution in [3.05, 3.63) is 0 Å². The Kier molecular flexibility index (Phi) is 5.79. The summed E-state index contributed by atoms with van der Waals surface area (Å²) in [4.78, 5) is 28.5. The minimum absolute atomic E-state index is 0.0470. The summed E-state index contributed by atoms with van der Waals surface area (Å²) in [7, 11) is 0. The zero-order chi connectivity index (χ0) is 14.4. The van der Waals surface area contributed by atoms with Crippen LogP contribution < -0.4 is 10.6 Å². The van der Waals surface area contributed by atoms with Gasteiger partial charge in [-0.25, -0.2) is 0 Å². The first kappa shape index (κ1) is 15.3. The standard InChI is InChI=1S/C14H26N4O2/c1-2-16-14(20)12-11-15-6-10-18(12)13(19)5-9-17-7-3-4-8-17/h12,15H,2-11H2,1H3,(H,16,20). The highest BCUT2D eigenvalue weighted by Crippen LogP contribution is 2.10. The van der Waals surface area contributed by atoms with Crippen LogP contribution >= 0.6 is 0 Å². The number of carbonyl (C=O) groups is 2. The maximum Gasteiger partial charge on any atom is 0.244 e. The lowest BCUT2D eigenvalue weighted by Gasteiger charge is -2.35. The monoisotopic (exact) mass is 282 g/mol. The van der Waals surface area contributed by atoms with Crippen molar-refractivity contribution in [3.8, 4) is 0 Å². The molecular formula is C14H26N4O2. The Bertz CT molecular complexity index is 342. The molecule has 2 rings (SSSR count). The minimum Gasteiger partial charge on any atom is -0.355 e. The van der Waals surface area contributed by atoms with Crippen LogP contribution in [0, 0.1) is 0 Å². The van der Waals surface area contributed by atoms with E-state index in [4.69, 9.17) is 0 Å². The van der Waals surface area contributed by atoms with E-state index in [1.54, 1.807) is 4.90 Å². The molecule has 0 spiro atoms. The summed E-state index contributed by atoms with van der Waals surface area (Å²) in [5.74, 6) is 0.0591. The third-order valence-corrected chi connectivity index (χ3v) is 4.06. The van der Waals surface area contributed by atoms with Crippen molar-refractivity contribution >= 4 is 11.8 Å². The molecule has 0 saturated carbocycles. The summed E-state index contributed by atoms with van der Waals surface area (Å²) in [6.45, 7) is 7.49. The second-order valence-corrected chi connectivity index (χ2v) is 5.50. The van der Waals surface area contributed by atoms with Crippen molar-refractivity contribution in [2.24, 2.45) is 0 Å². The summed E-state index contributed by atoms with van der Waals surface area (Å²) in [6.07, 6.45) is 3.00. The molecule has 6 heteroatoms. The van der Waals surface area contributed by atoms with Crippen LogP contribution in [0.25, 0.3) is 0 Å². The maximum absolute atomic E-state index is 12.4. The predicted molar refractivity (Wildman–Crippen MR) is 77.3 cm³/mol. The normalized spacial score (nSPS) is 23.9. The van der Waals surface area contributed by atoms with Gasteiger partial charge in [0.05, 0.1) is 0 Å². The van der Waals surface area contributed by atoms with E-state index < -0.39 is 0 Å². The molecule has 2 heterocycles. The lowest BCUT2D eigenvalue weighted by Crippen LogP contribution is -2.59. The van der Waals surface area contributed by atoms with Gasteiger partial charge < -0.3 is 20.4 Å². The van der Waals surface area contributed by atoms with E-state index in [1.165, 1.54) is 12.8 Å². The Labute approximate surface area is 120 Å². The number of nitrogens with one attached hydrogen (secondary N) is 2. The SMILES string of the molecule is CCNC(=O)C1CNCCN1C(=O)CCN1CCCC1. The molecule has 1 unspecified atom stereocenters. The molecule has 1 atom stereocenters. The van der Waals surface area contributed by atoms with Gasteiger partial charge in [-0.3, -0.25) is 9.59 Å². The number of rotatable bonds is 5. The molecule has 0 aromatic carbocycles. The molecule has 0 aliphatic carbocycles. The maximum atomic E-state index is 12.4. The Morgan fingerprint density at radius 3 is 2.70 bits per heavy atom. The first-order valence-electron chi connectivity index (χ1n) is 7.72. The number of carbonyl (C=O) groups excluding carboxylic acids is 2. The minimum atomic E-state index is -0.352. The average molecular weight is 282 g/mol. The average Bonchev–Trinajstić information content (AvgIpc) is 2.98. The van der Waals surface area contributed by atoms with Gasteiger partial charge in [0.1, 0.15) is 6.04 Å². The van der Waals surface area contributed by atoms with Crippen LogP contribution in [0.5, 0.6) is 0 Å². The summed E-state index contributed by atoms with van der Waals surface area (Å²) in [6, 6.07) is -0.352. The van der Waals surface area contributed by atoms with E-state index in [0.717, 1.165) is 26.2 Å². The Morgan fingerprint density at radius 1 is 1.25 bits per heavy atom. The predicted octanol–water partition coefficient (Wildman–Crippen LogP) is -0.591. The molecule has 2 saturated heterocycles. The molecule has 2 N–H and O–H groups in total. The number of hydrogen-bond donors (Lipinski definition) is 2. The first-order valence-corrected chi connectivity index (χ1v) is 7.72. The van der Waals surface area contributed by atoms with Gasteiger partial charge >= 0.3 is 0 Å². The highest BCUT2D eigenvalue weighted by molar-refractivity contribution is 5.88. The van der Waals surface area contributed by atoms with Crippen molar-refractivity contribution in [2.45, 2.75) is 32.2 Å². The second-order valence-electron chi connectivity index (χ2n) is 5.50. The molecule has 2 fully saturated rings. The third kappa shape index (κ3) is 3.93. The third-order valence-electron chi connectivity index (χ3n) is 4.06. The highest BCUT2D eigenvalue weighted by Gasteiger charge is 2.31. The smallest absolute Gasteiger partial charge is 0.244 e. The molecule has 2 amide bonds. The summed E-state index contributed by atoms with van der Waals surface area (Å²) in [5.41, 5.74) is 0. The fourth-order valence-electron chi connectivity index (χ4n) is 2.93. The van der Waals surface area contributed by atoms with Gasteiger partial charge in [0, 0.05) is 39.1 Å². The van der Waals surface area contributed by atoms with Crippen LogP contribution in [0.2, 0.25) is 0 Å². The summed E-state index contributed by atoms with van der Waals surface area (Å²) < 4.78 is 0. The van der Waals surface area contributed by atoms with Crippen LogP contribution in [0.4, 0.5) is 0 Å². The fraction of sp³-hybridized carbons (Fsp3) is 0.857. The van der Waals surface area contributed by atoms with E-state index in [-0.39, 0.29) is 17.9 Å². The van der Waals surface area contributed by atoms with Gasteiger partial charge in [0.2, 0.25) is 11.8 Å². The van der Waals surface area contributed by atoms with Crippen LogP contribution in [-0.4, -0.2) is 73.5 Å². The fourth-order valence-corrected chi connectivity index (χ4v) is 2.93. The molecular weight excluding hydrogens is 256 g/mol. The number of nitrogens with zero attached hydrogens (tertiary/aromatic N) is 2. The lowest BCUT2D eigenvalue weighted by atomic mass is 10.1. The van der Waals surface area contributed by atoms with E-state index in [0.29, 0.717) is 26.1 Å². The van der Waals surface area contributed by atoms with E-state index in [2.05, 4.69) is 15.5 Å².